The van der Waals surface area contributed by atoms with Crippen molar-refractivity contribution in [2.45, 2.75) is 51.7 Å². The Balaban J connectivity index is 1.39. The van der Waals surface area contributed by atoms with Gasteiger partial charge in [0.1, 0.15) is 11.4 Å². The zero-order chi connectivity index (χ0) is 18.3. The highest BCUT2D eigenvalue weighted by Gasteiger charge is 2.33. The summed E-state index contributed by atoms with van der Waals surface area (Å²) in [6.07, 6.45) is 5.01. The number of hydrogen-bond donors (Lipinski definition) is 1. The second-order valence-corrected chi connectivity index (χ2v) is 7.86. The van der Waals surface area contributed by atoms with Gasteiger partial charge in [-0.25, -0.2) is 4.68 Å². The molecule has 1 aliphatic carbocycles. The number of benzene rings is 1. The van der Waals surface area contributed by atoms with Gasteiger partial charge in [-0.05, 0) is 45.6 Å². The first kappa shape index (κ1) is 16.9. The van der Waals surface area contributed by atoms with Crippen molar-refractivity contribution < 1.29 is 14.3 Å². The number of ether oxygens (including phenoxy) is 2. The second-order valence-electron chi connectivity index (χ2n) is 7.86. The third-order valence-electron chi connectivity index (χ3n) is 5.04. The average Bonchev–Trinajstić information content (AvgIpc) is 3.25. The van der Waals surface area contributed by atoms with Crippen LogP contribution < -0.4 is 14.8 Å². The van der Waals surface area contributed by atoms with Gasteiger partial charge in [-0.2, -0.15) is 5.10 Å². The van der Waals surface area contributed by atoms with Gasteiger partial charge in [0.15, 0.2) is 18.1 Å². The van der Waals surface area contributed by atoms with Crippen molar-refractivity contribution in [1.82, 2.24) is 9.78 Å². The molecular weight excluding hydrogens is 330 g/mol. The van der Waals surface area contributed by atoms with Crippen molar-refractivity contribution in [3.8, 4) is 11.5 Å². The fourth-order valence-electron chi connectivity index (χ4n) is 3.54. The number of amides is 1. The van der Waals surface area contributed by atoms with E-state index < -0.39 is 0 Å². The Kier molecular flexibility index (Phi) is 4.13. The van der Waals surface area contributed by atoms with Gasteiger partial charge >= 0.3 is 0 Å². The van der Waals surface area contributed by atoms with Crippen LogP contribution in [0.15, 0.2) is 30.5 Å². The fourth-order valence-corrected chi connectivity index (χ4v) is 3.54. The third-order valence-corrected chi connectivity index (χ3v) is 5.04. The molecule has 1 amide bonds. The Morgan fingerprint density at radius 2 is 2.23 bits per heavy atom. The largest absolute Gasteiger partial charge is 0.483 e. The lowest BCUT2D eigenvalue weighted by Crippen LogP contribution is -2.25. The monoisotopic (exact) mass is 355 g/mol. The van der Waals surface area contributed by atoms with Crippen molar-refractivity contribution in [2.75, 3.05) is 11.9 Å². The summed E-state index contributed by atoms with van der Waals surface area (Å²) in [6, 6.07) is 7.93. The van der Waals surface area contributed by atoms with Gasteiger partial charge in [0.05, 0.1) is 12.2 Å². The van der Waals surface area contributed by atoms with Crippen LogP contribution >= 0.6 is 0 Å². The van der Waals surface area contributed by atoms with Crippen LogP contribution in [0, 0.1) is 5.92 Å². The molecule has 0 bridgehead atoms. The van der Waals surface area contributed by atoms with E-state index in [0.717, 1.165) is 17.7 Å². The van der Waals surface area contributed by atoms with Crippen LogP contribution in [0.3, 0.4) is 0 Å². The molecule has 2 aliphatic rings. The summed E-state index contributed by atoms with van der Waals surface area (Å²) in [4.78, 5) is 12.4. The molecule has 1 aromatic heterocycles. The summed E-state index contributed by atoms with van der Waals surface area (Å²) in [5.74, 6) is 2.54. The highest BCUT2D eigenvalue weighted by atomic mass is 16.5. The lowest BCUT2D eigenvalue weighted by Gasteiger charge is -2.18. The number of nitrogens with zero attached hydrogens (tertiary/aromatic N) is 2. The maximum Gasteiger partial charge on any atom is 0.263 e. The zero-order valence-electron chi connectivity index (χ0n) is 15.5. The predicted octanol–water partition coefficient (Wildman–Crippen LogP) is 3.59. The van der Waals surface area contributed by atoms with Crippen LogP contribution in [0.25, 0.3) is 0 Å². The van der Waals surface area contributed by atoms with Gasteiger partial charge in [0.2, 0.25) is 0 Å². The Labute approximate surface area is 153 Å². The first-order valence-electron chi connectivity index (χ1n) is 9.20. The number of carbonyl (C=O) groups is 1. The number of aromatic nitrogens is 2. The summed E-state index contributed by atoms with van der Waals surface area (Å²) in [6.45, 7) is 6.17. The van der Waals surface area contributed by atoms with Crippen molar-refractivity contribution in [1.29, 1.82) is 0 Å². The molecule has 4 rings (SSSR count). The standard InChI is InChI=1S/C20H25N3O3/c1-13(14-7-8-14)23-17(9-10-21-23)22-18(24)12-25-16-6-4-5-15-11-20(2,3)26-19(15)16/h4-6,9-10,13-14H,7-8,11-12H2,1-3H3,(H,22,24). The molecule has 1 atom stereocenters. The minimum atomic E-state index is -0.241. The molecule has 1 saturated carbocycles. The minimum Gasteiger partial charge on any atom is -0.483 e. The van der Waals surface area contributed by atoms with E-state index in [1.54, 1.807) is 6.20 Å². The highest BCUT2D eigenvalue weighted by molar-refractivity contribution is 5.91. The normalized spacial score (nSPS) is 18.7. The minimum absolute atomic E-state index is 0.0662. The van der Waals surface area contributed by atoms with Crippen LogP contribution in [0.4, 0.5) is 5.82 Å². The van der Waals surface area contributed by atoms with Crippen LogP contribution in [-0.4, -0.2) is 27.9 Å². The van der Waals surface area contributed by atoms with E-state index in [1.807, 2.05) is 42.8 Å². The Morgan fingerprint density at radius 1 is 1.42 bits per heavy atom. The maximum atomic E-state index is 12.4. The highest BCUT2D eigenvalue weighted by Crippen LogP contribution is 2.42. The van der Waals surface area contributed by atoms with E-state index in [9.17, 15) is 4.79 Å². The number of anilines is 1. The molecule has 1 fully saturated rings. The summed E-state index contributed by atoms with van der Waals surface area (Å²) in [5, 5.41) is 7.26. The Morgan fingerprint density at radius 3 is 3.00 bits per heavy atom. The van der Waals surface area contributed by atoms with E-state index in [1.165, 1.54) is 12.8 Å². The quantitative estimate of drug-likeness (QED) is 0.860. The van der Waals surface area contributed by atoms with Crippen molar-refractivity contribution in [3.05, 3.63) is 36.0 Å². The number of para-hydroxylation sites is 1. The third kappa shape index (κ3) is 3.41. The second kappa shape index (κ2) is 6.34. The summed E-state index contributed by atoms with van der Waals surface area (Å²) < 4.78 is 13.6. The molecule has 1 N–H and O–H groups in total. The van der Waals surface area contributed by atoms with Gasteiger partial charge in [-0.15, -0.1) is 0 Å². The predicted molar refractivity (Wildman–Crippen MR) is 98.6 cm³/mol. The van der Waals surface area contributed by atoms with E-state index in [-0.39, 0.29) is 18.1 Å². The Hall–Kier alpha value is -2.50. The van der Waals surface area contributed by atoms with Gasteiger partial charge in [-0.1, -0.05) is 12.1 Å². The van der Waals surface area contributed by atoms with E-state index in [2.05, 4.69) is 17.3 Å². The van der Waals surface area contributed by atoms with Crippen LogP contribution in [0.1, 0.15) is 45.2 Å². The molecule has 1 aromatic carbocycles. The average molecular weight is 355 g/mol. The molecule has 26 heavy (non-hydrogen) atoms. The van der Waals surface area contributed by atoms with Crippen molar-refractivity contribution in [3.63, 3.8) is 0 Å². The van der Waals surface area contributed by atoms with Gasteiger partial charge in [0.25, 0.3) is 5.91 Å². The molecule has 6 nitrogen and oxygen atoms in total. The lowest BCUT2D eigenvalue weighted by atomic mass is 10.0. The number of fused-ring (bicyclic) bond motifs is 1. The smallest absolute Gasteiger partial charge is 0.263 e. The maximum absolute atomic E-state index is 12.4. The zero-order valence-corrected chi connectivity index (χ0v) is 15.5. The first-order valence-corrected chi connectivity index (χ1v) is 9.20. The first-order chi connectivity index (χ1) is 12.4. The summed E-state index contributed by atoms with van der Waals surface area (Å²) >= 11 is 0. The molecule has 1 aliphatic heterocycles. The van der Waals surface area contributed by atoms with Gasteiger partial charge in [0, 0.05) is 18.1 Å². The van der Waals surface area contributed by atoms with Crippen molar-refractivity contribution in [2.24, 2.45) is 5.92 Å². The van der Waals surface area contributed by atoms with E-state index in [0.29, 0.717) is 23.5 Å². The lowest BCUT2D eigenvalue weighted by molar-refractivity contribution is -0.118. The molecule has 2 aromatic rings. The van der Waals surface area contributed by atoms with Gasteiger partial charge in [-0.3, -0.25) is 4.79 Å². The molecule has 2 heterocycles. The van der Waals surface area contributed by atoms with Crippen molar-refractivity contribution >= 4 is 11.7 Å². The fraction of sp³-hybridized carbons (Fsp3) is 0.500. The SMILES string of the molecule is CC(C1CC1)n1nccc1NC(=O)COc1cccc2c1OC(C)(C)C2. The van der Waals surface area contributed by atoms with Crippen LogP contribution in [0.5, 0.6) is 11.5 Å². The summed E-state index contributed by atoms with van der Waals surface area (Å²) in [5.41, 5.74) is 0.874. The number of nitrogens with one attached hydrogen (secondary N) is 1. The molecule has 0 radical (unpaired) electrons. The number of rotatable bonds is 6. The van der Waals surface area contributed by atoms with Crippen LogP contribution in [0.2, 0.25) is 0 Å². The number of carbonyl (C=O) groups excluding carboxylic acids is 1. The number of hydrogen-bond acceptors (Lipinski definition) is 4. The summed E-state index contributed by atoms with van der Waals surface area (Å²) in [7, 11) is 0. The molecule has 0 spiro atoms. The topological polar surface area (TPSA) is 65.4 Å². The van der Waals surface area contributed by atoms with E-state index in [4.69, 9.17) is 9.47 Å². The molecule has 0 saturated heterocycles. The van der Waals surface area contributed by atoms with Crippen LogP contribution in [-0.2, 0) is 11.2 Å². The molecule has 138 valence electrons. The molecule has 6 heteroatoms. The van der Waals surface area contributed by atoms with E-state index >= 15 is 0 Å². The van der Waals surface area contributed by atoms with Gasteiger partial charge < -0.3 is 14.8 Å². The molecular formula is C20H25N3O3. The molecule has 1 unspecified atom stereocenters. The Bertz CT molecular complexity index is 823.